The number of carbonyl (C=O) groups is 1. The van der Waals surface area contributed by atoms with Crippen molar-refractivity contribution >= 4 is 5.91 Å². The number of nitrogens with zero attached hydrogens (tertiary/aromatic N) is 2. The summed E-state index contributed by atoms with van der Waals surface area (Å²) in [5, 5.41) is 2.89. The molecule has 0 unspecified atom stereocenters. The molecule has 0 saturated carbocycles. The maximum atomic E-state index is 12.3. The van der Waals surface area contributed by atoms with Crippen molar-refractivity contribution in [3.8, 4) is 0 Å². The van der Waals surface area contributed by atoms with Crippen LogP contribution in [0.4, 0.5) is 0 Å². The number of aromatic nitrogens is 2. The molecule has 2 aromatic heterocycles. The SMILES string of the molecule is Cc1nccc(C(=O)N[C@H](COCC(C)C)c2ccco2)n1. The van der Waals surface area contributed by atoms with E-state index in [1.165, 1.54) is 0 Å². The Balaban J connectivity index is 2.04. The van der Waals surface area contributed by atoms with Crippen LogP contribution in [0.3, 0.4) is 0 Å². The molecule has 0 bridgehead atoms. The van der Waals surface area contributed by atoms with Crippen molar-refractivity contribution in [2.75, 3.05) is 13.2 Å². The molecule has 6 nitrogen and oxygen atoms in total. The van der Waals surface area contributed by atoms with Crippen LogP contribution in [0.15, 0.2) is 35.1 Å². The van der Waals surface area contributed by atoms with Crippen LogP contribution in [0, 0.1) is 12.8 Å². The fourth-order valence-corrected chi connectivity index (χ4v) is 1.92. The van der Waals surface area contributed by atoms with Crippen molar-refractivity contribution < 1.29 is 13.9 Å². The molecular formula is C16H21N3O3. The monoisotopic (exact) mass is 303 g/mol. The molecule has 2 aromatic rings. The van der Waals surface area contributed by atoms with Crippen molar-refractivity contribution in [1.82, 2.24) is 15.3 Å². The topological polar surface area (TPSA) is 77.2 Å². The van der Waals surface area contributed by atoms with Crippen molar-refractivity contribution in [2.45, 2.75) is 26.8 Å². The lowest BCUT2D eigenvalue weighted by molar-refractivity contribution is 0.0727. The number of carbonyl (C=O) groups excluding carboxylic acids is 1. The van der Waals surface area contributed by atoms with E-state index >= 15 is 0 Å². The minimum absolute atomic E-state index is 0.278. The van der Waals surface area contributed by atoms with Crippen LogP contribution in [0.25, 0.3) is 0 Å². The molecule has 0 spiro atoms. The van der Waals surface area contributed by atoms with Crippen LogP contribution in [0.1, 0.15) is 42.0 Å². The second-order valence-corrected chi connectivity index (χ2v) is 5.46. The van der Waals surface area contributed by atoms with Crippen molar-refractivity contribution in [2.24, 2.45) is 5.92 Å². The van der Waals surface area contributed by atoms with E-state index in [9.17, 15) is 4.79 Å². The summed E-state index contributed by atoms with van der Waals surface area (Å²) in [6.07, 6.45) is 3.14. The predicted octanol–water partition coefficient (Wildman–Crippen LogP) is 2.52. The normalized spacial score (nSPS) is 12.4. The first-order chi connectivity index (χ1) is 10.6. The summed E-state index contributed by atoms with van der Waals surface area (Å²) >= 11 is 0. The molecular weight excluding hydrogens is 282 g/mol. The number of amides is 1. The van der Waals surface area contributed by atoms with Gasteiger partial charge in [0.1, 0.15) is 23.3 Å². The zero-order valence-corrected chi connectivity index (χ0v) is 13.1. The molecule has 0 aromatic carbocycles. The molecule has 0 saturated heterocycles. The zero-order chi connectivity index (χ0) is 15.9. The minimum atomic E-state index is -0.350. The van der Waals surface area contributed by atoms with Gasteiger partial charge in [0.05, 0.1) is 12.9 Å². The molecule has 22 heavy (non-hydrogen) atoms. The maximum absolute atomic E-state index is 12.3. The zero-order valence-electron chi connectivity index (χ0n) is 13.1. The van der Waals surface area contributed by atoms with Gasteiger partial charge in [0.25, 0.3) is 5.91 Å². The molecule has 1 N–H and O–H groups in total. The molecule has 2 rings (SSSR count). The van der Waals surface area contributed by atoms with E-state index in [2.05, 4.69) is 29.1 Å². The molecule has 0 fully saturated rings. The van der Waals surface area contributed by atoms with Crippen LogP contribution in [0.5, 0.6) is 0 Å². The Morgan fingerprint density at radius 3 is 2.82 bits per heavy atom. The Bertz CT molecular complexity index is 596. The fraction of sp³-hybridized carbons (Fsp3) is 0.438. The summed E-state index contributed by atoms with van der Waals surface area (Å²) in [4.78, 5) is 20.4. The Hall–Kier alpha value is -2.21. The first-order valence-corrected chi connectivity index (χ1v) is 7.28. The van der Waals surface area contributed by atoms with Crippen LogP contribution < -0.4 is 5.32 Å². The average Bonchev–Trinajstić information content (AvgIpc) is 3.00. The average molecular weight is 303 g/mol. The summed E-state index contributed by atoms with van der Waals surface area (Å²) in [6, 6.07) is 4.83. The summed E-state index contributed by atoms with van der Waals surface area (Å²) in [5.41, 5.74) is 0.327. The van der Waals surface area contributed by atoms with Gasteiger partial charge in [0, 0.05) is 12.8 Å². The summed E-state index contributed by atoms with van der Waals surface area (Å²) in [7, 11) is 0. The Labute approximate surface area is 129 Å². The Kier molecular flexibility index (Phi) is 5.66. The van der Waals surface area contributed by atoms with Gasteiger partial charge in [0.15, 0.2) is 0 Å². The lowest BCUT2D eigenvalue weighted by Crippen LogP contribution is -2.32. The van der Waals surface area contributed by atoms with Gasteiger partial charge in [0.2, 0.25) is 0 Å². The minimum Gasteiger partial charge on any atom is -0.467 e. The van der Waals surface area contributed by atoms with E-state index in [1.54, 1.807) is 31.5 Å². The van der Waals surface area contributed by atoms with Crippen LogP contribution in [-0.4, -0.2) is 29.1 Å². The molecule has 118 valence electrons. The van der Waals surface area contributed by atoms with E-state index in [0.29, 0.717) is 36.4 Å². The van der Waals surface area contributed by atoms with E-state index in [1.807, 2.05) is 6.07 Å². The molecule has 0 aliphatic rings. The highest BCUT2D eigenvalue weighted by molar-refractivity contribution is 5.92. The van der Waals surface area contributed by atoms with Gasteiger partial charge in [-0.15, -0.1) is 0 Å². The molecule has 6 heteroatoms. The molecule has 2 heterocycles. The summed E-state index contributed by atoms with van der Waals surface area (Å²) in [6.45, 7) is 6.86. The third-order valence-corrected chi connectivity index (χ3v) is 2.94. The van der Waals surface area contributed by atoms with Gasteiger partial charge in [-0.1, -0.05) is 13.8 Å². The molecule has 1 atom stereocenters. The largest absolute Gasteiger partial charge is 0.467 e. The number of hydrogen-bond donors (Lipinski definition) is 1. The van der Waals surface area contributed by atoms with E-state index in [0.717, 1.165) is 0 Å². The first kappa shape index (κ1) is 16.2. The number of aryl methyl sites for hydroxylation is 1. The maximum Gasteiger partial charge on any atom is 0.270 e. The van der Waals surface area contributed by atoms with Crippen LogP contribution in [0.2, 0.25) is 0 Å². The van der Waals surface area contributed by atoms with Gasteiger partial charge in [-0.3, -0.25) is 4.79 Å². The van der Waals surface area contributed by atoms with Gasteiger partial charge in [-0.05, 0) is 31.0 Å². The van der Waals surface area contributed by atoms with Gasteiger partial charge in [-0.2, -0.15) is 0 Å². The second-order valence-electron chi connectivity index (χ2n) is 5.46. The number of ether oxygens (including phenoxy) is 1. The Morgan fingerprint density at radius 1 is 1.36 bits per heavy atom. The number of rotatable bonds is 7. The predicted molar refractivity (Wildman–Crippen MR) is 81.3 cm³/mol. The lowest BCUT2D eigenvalue weighted by Gasteiger charge is -2.17. The summed E-state index contributed by atoms with van der Waals surface area (Å²) in [5.74, 6) is 1.36. The van der Waals surface area contributed by atoms with Gasteiger partial charge in [-0.25, -0.2) is 9.97 Å². The highest BCUT2D eigenvalue weighted by atomic mass is 16.5. The van der Waals surface area contributed by atoms with E-state index in [-0.39, 0.29) is 11.9 Å². The molecule has 0 aliphatic carbocycles. The first-order valence-electron chi connectivity index (χ1n) is 7.28. The summed E-state index contributed by atoms with van der Waals surface area (Å²) < 4.78 is 11.0. The third kappa shape index (κ3) is 4.66. The van der Waals surface area contributed by atoms with Crippen molar-refractivity contribution in [1.29, 1.82) is 0 Å². The van der Waals surface area contributed by atoms with E-state index in [4.69, 9.17) is 9.15 Å². The quantitative estimate of drug-likeness (QED) is 0.850. The smallest absolute Gasteiger partial charge is 0.270 e. The second kappa shape index (κ2) is 7.70. The Morgan fingerprint density at radius 2 is 2.18 bits per heavy atom. The third-order valence-electron chi connectivity index (χ3n) is 2.94. The standard InChI is InChI=1S/C16H21N3O3/c1-11(2)9-21-10-14(15-5-4-8-22-15)19-16(20)13-6-7-17-12(3)18-13/h4-8,11,14H,9-10H2,1-3H3,(H,19,20)/t14-/m1/s1. The molecule has 0 radical (unpaired) electrons. The highest BCUT2D eigenvalue weighted by Gasteiger charge is 2.19. The van der Waals surface area contributed by atoms with Gasteiger partial charge >= 0.3 is 0 Å². The van der Waals surface area contributed by atoms with Crippen molar-refractivity contribution in [3.05, 3.63) is 47.9 Å². The fourth-order valence-electron chi connectivity index (χ4n) is 1.92. The van der Waals surface area contributed by atoms with Gasteiger partial charge < -0.3 is 14.5 Å². The molecule has 0 aliphatic heterocycles. The number of hydrogen-bond acceptors (Lipinski definition) is 5. The van der Waals surface area contributed by atoms with Crippen LogP contribution in [-0.2, 0) is 4.74 Å². The van der Waals surface area contributed by atoms with Crippen molar-refractivity contribution in [3.63, 3.8) is 0 Å². The number of furan rings is 1. The lowest BCUT2D eigenvalue weighted by atomic mass is 10.2. The molecule has 1 amide bonds. The highest BCUT2D eigenvalue weighted by Crippen LogP contribution is 2.15. The van der Waals surface area contributed by atoms with E-state index < -0.39 is 0 Å². The van der Waals surface area contributed by atoms with Crippen LogP contribution >= 0.6 is 0 Å². The number of nitrogens with one attached hydrogen (secondary N) is 1.